The molecule has 23 heavy (non-hydrogen) atoms. The van der Waals surface area contributed by atoms with Crippen LogP contribution in [0.5, 0.6) is 11.5 Å². The number of allylic oxidation sites excluding steroid dienone is 1. The van der Waals surface area contributed by atoms with Crippen molar-refractivity contribution in [2.24, 2.45) is 4.99 Å². The van der Waals surface area contributed by atoms with Gasteiger partial charge in [-0.15, -0.1) is 0 Å². The van der Waals surface area contributed by atoms with Crippen LogP contribution in [0.4, 0.5) is 5.69 Å². The molecule has 3 rings (SSSR count). The summed E-state index contributed by atoms with van der Waals surface area (Å²) in [5.74, 6) is 0.366. The Labute approximate surface area is 136 Å². The number of aryl methyl sites for hydroxylation is 1. The van der Waals surface area contributed by atoms with Crippen molar-refractivity contribution in [1.82, 2.24) is 0 Å². The van der Waals surface area contributed by atoms with E-state index in [4.69, 9.17) is 0 Å². The Balaban J connectivity index is 2.29. The zero-order valence-corrected chi connectivity index (χ0v) is 13.7. The number of hydrogen-bond donors (Lipinski definition) is 2. The van der Waals surface area contributed by atoms with Crippen molar-refractivity contribution in [1.29, 1.82) is 0 Å². The second kappa shape index (κ2) is 5.27. The lowest BCUT2D eigenvalue weighted by Gasteiger charge is -2.36. The molecule has 0 saturated carbocycles. The van der Waals surface area contributed by atoms with Gasteiger partial charge in [0.25, 0.3) is 0 Å². The van der Waals surface area contributed by atoms with Crippen molar-refractivity contribution < 1.29 is 10.2 Å². The third-order valence-corrected chi connectivity index (χ3v) is 4.75. The molecule has 1 aliphatic heterocycles. The van der Waals surface area contributed by atoms with Crippen molar-refractivity contribution in [3.05, 3.63) is 65.2 Å². The number of aliphatic imine (C=N–C) groups is 1. The number of rotatable bonds is 2. The quantitative estimate of drug-likeness (QED) is 0.786. The van der Waals surface area contributed by atoms with Crippen LogP contribution in [0.2, 0.25) is 0 Å². The fourth-order valence-corrected chi connectivity index (χ4v) is 3.16. The Hall–Kier alpha value is -2.55. The predicted octanol–water partition coefficient (Wildman–Crippen LogP) is 4.76. The standard InChI is InChI=1S/C20H21NO2/c1-12(2)20(4)11-16(14-7-5-6-8-17(14)22)21-19-15(20)9-13(3)10-18(19)23/h5-10,22-23H,1,11H2,2-4H3/t20-/m1/s1. The molecule has 2 aromatic carbocycles. The summed E-state index contributed by atoms with van der Waals surface area (Å²) in [7, 11) is 0. The van der Waals surface area contributed by atoms with E-state index in [0.717, 1.165) is 22.4 Å². The lowest BCUT2D eigenvalue weighted by molar-refractivity contribution is 0.468. The molecule has 2 N–H and O–H groups in total. The lowest BCUT2D eigenvalue weighted by atomic mass is 9.70. The smallest absolute Gasteiger partial charge is 0.141 e. The van der Waals surface area contributed by atoms with Crippen LogP contribution in [0, 0.1) is 6.92 Å². The maximum Gasteiger partial charge on any atom is 0.141 e. The fraction of sp³-hybridized carbons (Fsp3) is 0.250. The lowest BCUT2D eigenvalue weighted by Crippen LogP contribution is -2.30. The molecule has 0 aromatic heterocycles. The first-order chi connectivity index (χ1) is 10.8. The normalized spacial score (nSPS) is 19.9. The summed E-state index contributed by atoms with van der Waals surface area (Å²) in [4.78, 5) is 4.66. The molecule has 0 spiro atoms. The highest BCUT2D eigenvalue weighted by Gasteiger charge is 2.37. The molecule has 2 aromatic rings. The number of aromatic hydroxyl groups is 2. The van der Waals surface area contributed by atoms with E-state index in [1.54, 1.807) is 18.2 Å². The van der Waals surface area contributed by atoms with Crippen molar-refractivity contribution in [3.8, 4) is 11.5 Å². The Bertz CT molecular complexity index is 836. The second-order valence-corrected chi connectivity index (χ2v) is 6.55. The van der Waals surface area contributed by atoms with Gasteiger partial charge in [-0.1, -0.05) is 37.3 Å². The minimum atomic E-state index is -0.335. The monoisotopic (exact) mass is 307 g/mol. The van der Waals surface area contributed by atoms with E-state index < -0.39 is 0 Å². The highest BCUT2D eigenvalue weighted by Crippen LogP contribution is 2.48. The fourth-order valence-electron chi connectivity index (χ4n) is 3.16. The van der Waals surface area contributed by atoms with E-state index in [1.807, 2.05) is 26.0 Å². The van der Waals surface area contributed by atoms with Gasteiger partial charge in [-0.3, -0.25) is 0 Å². The van der Waals surface area contributed by atoms with E-state index in [0.29, 0.717) is 17.7 Å². The molecule has 0 radical (unpaired) electrons. The zero-order chi connectivity index (χ0) is 16.8. The molecule has 1 atom stereocenters. The molecule has 118 valence electrons. The van der Waals surface area contributed by atoms with Crippen LogP contribution in [0.25, 0.3) is 0 Å². The Morgan fingerprint density at radius 2 is 1.87 bits per heavy atom. The van der Waals surface area contributed by atoms with Gasteiger partial charge < -0.3 is 10.2 Å². The first-order valence-electron chi connectivity index (χ1n) is 7.69. The molecule has 1 aliphatic rings. The SMILES string of the molecule is C=C(C)[C@@]1(C)CC(c2ccccc2O)=Nc2c(O)cc(C)cc21. The van der Waals surface area contributed by atoms with Crippen LogP contribution in [-0.4, -0.2) is 15.9 Å². The van der Waals surface area contributed by atoms with Crippen LogP contribution >= 0.6 is 0 Å². The summed E-state index contributed by atoms with van der Waals surface area (Å²) in [6.45, 7) is 10.2. The first kappa shape index (κ1) is 15.3. The van der Waals surface area contributed by atoms with Gasteiger partial charge in [0, 0.05) is 17.4 Å². The summed E-state index contributed by atoms with van der Waals surface area (Å²) in [6.07, 6.45) is 0.635. The van der Waals surface area contributed by atoms with Crippen LogP contribution in [0.3, 0.4) is 0 Å². The largest absolute Gasteiger partial charge is 0.507 e. The van der Waals surface area contributed by atoms with Gasteiger partial charge in [-0.25, -0.2) is 4.99 Å². The van der Waals surface area contributed by atoms with Crippen molar-refractivity contribution in [2.45, 2.75) is 32.6 Å². The molecule has 3 heteroatoms. The molecule has 0 bridgehead atoms. The Morgan fingerprint density at radius 1 is 1.17 bits per heavy atom. The number of benzene rings is 2. The number of fused-ring (bicyclic) bond motifs is 1. The van der Waals surface area contributed by atoms with Crippen molar-refractivity contribution in [3.63, 3.8) is 0 Å². The van der Waals surface area contributed by atoms with E-state index >= 15 is 0 Å². The highest BCUT2D eigenvalue weighted by atomic mass is 16.3. The summed E-state index contributed by atoms with van der Waals surface area (Å²) >= 11 is 0. The number of hydrogen-bond acceptors (Lipinski definition) is 3. The number of para-hydroxylation sites is 1. The molecule has 0 amide bonds. The third kappa shape index (κ3) is 2.42. The molecular formula is C20H21NO2. The number of nitrogens with zero attached hydrogens (tertiary/aromatic N) is 1. The summed E-state index contributed by atoms with van der Waals surface area (Å²) in [6, 6.07) is 10.9. The van der Waals surface area contributed by atoms with Crippen LogP contribution in [-0.2, 0) is 5.41 Å². The van der Waals surface area contributed by atoms with Crippen LogP contribution in [0.1, 0.15) is 37.0 Å². The molecule has 0 unspecified atom stereocenters. The molecule has 0 fully saturated rings. The maximum absolute atomic E-state index is 10.4. The van der Waals surface area contributed by atoms with E-state index in [1.165, 1.54) is 0 Å². The second-order valence-electron chi connectivity index (χ2n) is 6.55. The summed E-state index contributed by atoms with van der Waals surface area (Å²) in [5, 5.41) is 20.6. The van der Waals surface area contributed by atoms with Gasteiger partial charge in [-0.05, 0) is 43.2 Å². The van der Waals surface area contributed by atoms with Gasteiger partial charge >= 0.3 is 0 Å². The molecular weight excluding hydrogens is 286 g/mol. The third-order valence-electron chi connectivity index (χ3n) is 4.75. The maximum atomic E-state index is 10.4. The Morgan fingerprint density at radius 3 is 2.52 bits per heavy atom. The van der Waals surface area contributed by atoms with Gasteiger partial charge in [0.15, 0.2) is 0 Å². The Kier molecular flexibility index (Phi) is 3.52. The van der Waals surface area contributed by atoms with Gasteiger partial charge in [-0.2, -0.15) is 0 Å². The van der Waals surface area contributed by atoms with Crippen molar-refractivity contribution in [2.75, 3.05) is 0 Å². The van der Waals surface area contributed by atoms with Crippen molar-refractivity contribution >= 4 is 11.4 Å². The minimum absolute atomic E-state index is 0.167. The molecule has 3 nitrogen and oxygen atoms in total. The number of phenols is 2. The van der Waals surface area contributed by atoms with E-state index in [-0.39, 0.29) is 16.9 Å². The predicted molar refractivity (Wildman–Crippen MR) is 93.9 cm³/mol. The average molecular weight is 307 g/mol. The number of phenolic OH excluding ortho intramolecular Hbond substituents is 2. The first-order valence-corrected chi connectivity index (χ1v) is 7.69. The van der Waals surface area contributed by atoms with E-state index in [2.05, 4.69) is 24.6 Å². The van der Waals surface area contributed by atoms with Gasteiger partial charge in [0.2, 0.25) is 0 Å². The summed E-state index contributed by atoms with van der Waals surface area (Å²) in [5.41, 5.74) is 4.69. The van der Waals surface area contributed by atoms with E-state index in [9.17, 15) is 10.2 Å². The molecule has 1 heterocycles. The minimum Gasteiger partial charge on any atom is -0.507 e. The summed E-state index contributed by atoms with van der Waals surface area (Å²) < 4.78 is 0. The molecule has 0 aliphatic carbocycles. The average Bonchev–Trinajstić information content (AvgIpc) is 2.48. The van der Waals surface area contributed by atoms with Crippen LogP contribution < -0.4 is 0 Å². The van der Waals surface area contributed by atoms with Crippen LogP contribution in [0.15, 0.2) is 53.5 Å². The van der Waals surface area contributed by atoms with Gasteiger partial charge in [0.1, 0.15) is 17.2 Å². The zero-order valence-electron chi connectivity index (χ0n) is 13.7. The van der Waals surface area contributed by atoms with Gasteiger partial charge in [0.05, 0.1) is 5.71 Å². The topological polar surface area (TPSA) is 52.8 Å². The highest BCUT2D eigenvalue weighted by molar-refractivity contribution is 6.07. The molecule has 0 saturated heterocycles.